The minimum absolute atomic E-state index is 0.0376. The molecule has 12 heteroatoms. The number of amides is 2. The molecule has 0 fully saturated rings. The molecule has 10 nitrogen and oxygen atoms in total. The number of hydrogen-bond acceptors (Lipinski definition) is 8. The largest absolute Gasteiger partial charge is 0.469 e. The molecule has 0 saturated carbocycles. The summed E-state index contributed by atoms with van der Waals surface area (Å²) < 4.78 is 35.2. The van der Waals surface area contributed by atoms with Gasteiger partial charge < -0.3 is 14.6 Å². The van der Waals surface area contributed by atoms with E-state index in [0.717, 1.165) is 29.8 Å². The summed E-state index contributed by atoms with van der Waals surface area (Å²) in [6.07, 6.45) is 3.97. The van der Waals surface area contributed by atoms with E-state index < -0.39 is 22.0 Å². The molecule has 0 aliphatic carbocycles. The number of urea groups is 1. The quantitative estimate of drug-likeness (QED) is 0.0781. The van der Waals surface area contributed by atoms with Crippen LogP contribution in [0.1, 0.15) is 53.6 Å². The van der Waals surface area contributed by atoms with Gasteiger partial charge in [0.1, 0.15) is 23.0 Å². The van der Waals surface area contributed by atoms with Crippen molar-refractivity contribution in [3.8, 4) is 11.1 Å². The van der Waals surface area contributed by atoms with Crippen molar-refractivity contribution in [3.05, 3.63) is 102 Å². The fraction of sp³-hybridized carbons (Fsp3) is 0.273. The number of methoxy groups -OCH3 is 1. The molecular formula is C33H36N4O6S2. The van der Waals surface area contributed by atoms with E-state index in [1.165, 1.54) is 24.9 Å². The maximum atomic E-state index is 13.3. The number of Topliss-reactive ketones (excluding diaryl/α,β-unsaturated/α-hetero) is 1. The summed E-state index contributed by atoms with van der Waals surface area (Å²) in [7, 11) is -2.95. The number of carbonyl (C=O) groups excluding carboxylic acids is 3. The topological polar surface area (TPSA) is 136 Å². The Morgan fingerprint density at radius 2 is 1.62 bits per heavy atom. The summed E-state index contributed by atoms with van der Waals surface area (Å²) in [6.45, 7) is 2.59. The number of nitrogens with one attached hydrogen (secondary N) is 2. The molecule has 0 saturated heterocycles. The number of nitrogens with zero attached hydrogens (tertiary/aromatic N) is 2. The van der Waals surface area contributed by atoms with Crippen molar-refractivity contribution in [2.45, 2.75) is 55.6 Å². The number of sulfonamides is 1. The number of thioether (sulfide) groups is 1. The van der Waals surface area contributed by atoms with Crippen molar-refractivity contribution >= 4 is 39.6 Å². The lowest BCUT2D eigenvalue weighted by atomic mass is 10.0. The number of unbranched alkanes of at least 4 members (excludes halogenated alkanes) is 1. The van der Waals surface area contributed by atoms with Crippen LogP contribution >= 0.6 is 11.8 Å². The average Bonchev–Trinajstić information content (AvgIpc) is 3.40. The van der Waals surface area contributed by atoms with Crippen LogP contribution in [0, 0.1) is 0 Å². The van der Waals surface area contributed by atoms with Gasteiger partial charge >= 0.3 is 12.0 Å². The van der Waals surface area contributed by atoms with Crippen molar-refractivity contribution in [2.75, 3.05) is 13.4 Å². The van der Waals surface area contributed by atoms with Gasteiger partial charge in [-0.05, 0) is 35.4 Å². The summed E-state index contributed by atoms with van der Waals surface area (Å²) in [5, 5.41) is 3.14. The molecular weight excluding hydrogens is 613 g/mol. The van der Waals surface area contributed by atoms with E-state index >= 15 is 0 Å². The number of carbonyl (C=O) groups is 3. The number of imidazole rings is 1. The van der Waals surface area contributed by atoms with Crippen LogP contribution in [0.15, 0.2) is 88.8 Å². The second-order valence-electron chi connectivity index (χ2n) is 10.2. The number of hydrogen-bond donors (Lipinski definition) is 2. The van der Waals surface area contributed by atoms with Gasteiger partial charge in [-0.15, -0.1) is 11.8 Å². The second kappa shape index (κ2) is 15.5. The van der Waals surface area contributed by atoms with Gasteiger partial charge in [0.05, 0.1) is 12.0 Å². The highest BCUT2D eigenvalue weighted by atomic mass is 32.2. The van der Waals surface area contributed by atoms with Gasteiger partial charge in [-0.1, -0.05) is 86.1 Å². The fourth-order valence-corrected chi connectivity index (χ4v) is 6.55. The number of esters is 1. The van der Waals surface area contributed by atoms with E-state index in [-0.39, 0.29) is 23.6 Å². The molecule has 0 aliphatic rings. The first-order valence-corrected chi connectivity index (χ1v) is 17.1. The van der Waals surface area contributed by atoms with Crippen LogP contribution in [0.4, 0.5) is 4.79 Å². The molecule has 236 valence electrons. The van der Waals surface area contributed by atoms with E-state index in [2.05, 4.69) is 17.0 Å². The zero-order chi connectivity index (χ0) is 32.4. The summed E-state index contributed by atoms with van der Waals surface area (Å²) in [4.78, 5) is 42.3. The minimum atomic E-state index is -4.20. The highest BCUT2D eigenvalue weighted by molar-refractivity contribution is 7.98. The molecule has 0 radical (unpaired) electrons. The predicted molar refractivity (Wildman–Crippen MR) is 174 cm³/mol. The molecule has 2 amide bonds. The highest BCUT2D eigenvalue weighted by Gasteiger charge is 2.25. The summed E-state index contributed by atoms with van der Waals surface area (Å²) in [6, 6.07) is 22.1. The molecule has 1 heterocycles. The molecule has 0 atom stereocenters. The van der Waals surface area contributed by atoms with Crippen LogP contribution in [0.3, 0.4) is 0 Å². The lowest BCUT2D eigenvalue weighted by molar-refractivity contribution is -0.139. The summed E-state index contributed by atoms with van der Waals surface area (Å²) >= 11 is 1.35. The van der Waals surface area contributed by atoms with Gasteiger partial charge in [-0.2, -0.15) is 0 Å². The van der Waals surface area contributed by atoms with Gasteiger partial charge in [0.15, 0.2) is 5.78 Å². The Morgan fingerprint density at radius 1 is 0.933 bits per heavy atom. The molecule has 0 unspecified atom stereocenters. The number of aryl methyl sites for hydroxylation is 1. The van der Waals surface area contributed by atoms with E-state index in [1.807, 2.05) is 53.3 Å². The molecule has 2 N–H and O–H groups in total. The lowest BCUT2D eigenvalue weighted by Crippen LogP contribution is -2.39. The first kappa shape index (κ1) is 33.5. The maximum Gasteiger partial charge on any atom is 0.328 e. The van der Waals surface area contributed by atoms with Crippen molar-refractivity contribution in [1.29, 1.82) is 0 Å². The normalized spacial score (nSPS) is 11.2. The first-order chi connectivity index (χ1) is 21.7. The van der Waals surface area contributed by atoms with Gasteiger partial charge in [0.25, 0.3) is 10.0 Å². The van der Waals surface area contributed by atoms with Crippen molar-refractivity contribution < 1.29 is 27.5 Å². The van der Waals surface area contributed by atoms with Crippen LogP contribution in [0.25, 0.3) is 11.1 Å². The van der Waals surface area contributed by atoms with Crippen molar-refractivity contribution in [1.82, 2.24) is 19.6 Å². The molecule has 1 aromatic heterocycles. The van der Waals surface area contributed by atoms with E-state index in [9.17, 15) is 22.8 Å². The Balaban J connectivity index is 1.58. The fourth-order valence-electron chi connectivity index (χ4n) is 4.77. The third-order valence-corrected chi connectivity index (χ3v) is 9.12. The number of aromatic nitrogens is 2. The summed E-state index contributed by atoms with van der Waals surface area (Å²) in [5.41, 5.74) is 3.12. The van der Waals surface area contributed by atoms with E-state index in [4.69, 9.17) is 9.72 Å². The van der Waals surface area contributed by atoms with Crippen molar-refractivity contribution in [3.63, 3.8) is 0 Å². The number of rotatable bonds is 14. The molecule has 0 aliphatic heterocycles. The number of ether oxygens (including phenoxy) is 1. The Labute approximate surface area is 267 Å². The lowest BCUT2D eigenvalue weighted by Gasteiger charge is -2.14. The molecule has 3 aromatic carbocycles. The predicted octanol–water partition coefficient (Wildman–Crippen LogP) is 5.60. The molecule has 45 heavy (non-hydrogen) atoms. The Morgan fingerprint density at radius 3 is 2.29 bits per heavy atom. The zero-order valence-electron chi connectivity index (χ0n) is 25.4. The maximum absolute atomic E-state index is 13.3. The minimum Gasteiger partial charge on any atom is -0.469 e. The Bertz CT molecular complexity index is 1750. The Hall–Kier alpha value is -4.42. The number of ketones is 1. The summed E-state index contributed by atoms with van der Waals surface area (Å²) in [5.74, 6) is -0.222. The number of benzene rings is 3. The molecule has 4 aromatic rings. The van der Waals surface area contributed by atoms with Crippen LogP contribution < -0.4 is 10.0 Å². The molecule has 4 rings (SSSR count). The highest BCUT2D eigenvalue weighted by Crippen LogP contribution is 2.29. The van der Waals surface area contributed by atoms with E-state index in [1.54, 1.807) is 30.3 Å². The third-order valence-electron chi connectivity index (χ3n) is 7.06. The first-order valence-electron chi connectivity index (χ1n) is 14.4. The molecule has 0 spiro atoms. The van der Waals surface area contributed by atoms with Crippen LogP contribution in [-0.2, 0) is 39.1 Å². The Kier molecular flexibility index (Phi) is 11.6. The smallest absolute Gasteiger partial charge is 0.328 e. The SMILES string of the molecule is CCCCc1nc(SC)c(C(=O)CC(=O)OC)n1Cc1ccc(-c2ccccc2S(=O)(=O)NC(=O)NCc2ccccc2)cc1. The molecule has 0 bridgehead atoms. The van der Waals surface area contributed by atoms with Crippen LogP contribution in [-0.4, -0.2) is 49.1 Å². The standard InChI is InChI=1S/C33H36N4O6S2/c1-4-5-15-29-35-32(44-3)31(27(38)20-30(39)43-2)37(29)22-24-16-18-25(19-17-24)26-13-9-10-14-28(26)45(41,42)36-33(40)34-21-23-11-7-6-8-12-23/h6-14,16-19H,4-5,15,20-22H2,1-3H3,(H2,34,36,40). The third kappa shape index (κ3) is 8.61. The van der Waals surface area contributed by atoms with Gasteiger partial charge in [0, 0.05) is 25.1 Å². The van der Waals surface area contributed by atoms with E-state index in [0.29, 0.717) is 34.8 Å². The van der Waals surface area contributed by atoms with Gasteiger partial charge in [0.2, 0.25) is 0 Å². The van der Waals surface area contributed by atoms with Crippen molar-refractivity contribution in [2.24, 2.45) is 0 Å². The zero-order valence-corrected chi connectivity index (χ0v) is 27.0. The van der Waals surface area contributed by atoms with Crippen LogP contribution in [0.2, 0.25) is 0 Å². The van der Waals surface area contributed by atoms with Gasteiger partial charge in [-0.25, -0.2) is 22.9 Å². The monoisotopic (exact) mass is 648 g/mol. The second-order valence-corrected chi connectivity index (χ2v) is 12.7. The average molecular weight is 649 g/mol. The van der Waals surface area contributed by atoms with Gasteiger partial charge in [-0.3, -0.25) is 9.59 Å². The van der Waals surface area contributed by atoms with Crippen LogP contribution in [0.5, 0.6) is 0 Å².